The van der Waals surface area contributed by atoms with Gasteiger partial charge in [-0.15, -0.1) is 6.54 Å². The van der Waals surface area contributed by atoms with Crippen molar-refractivity contribution in [3.05, 3.63) is 5.48 Å². The van der Waals surface area contributed by atoms with Gasteiger partial charge in [0.2, 0.25) is 5.91 Å². The fourth-order valence-electron chi connectivity index (χ4n) is 7.04. The Bertz CT molecular complexity index is 720. The van der Waals surface area contributed by atoms with Crippen LogP contribution in [0.15, 0.2) is 0 Å². The number of ether oxygens (including phenoxy) is 2. The zero-order valence-corrected chi connectivity index (χ0v) is 40.8. The maximum atomic E-state index is 13.0. The van der Waals surface area contributed by atoms with Gasteiger partial charge in [-0.2, -0.15) is 0 Å². The monoisotopic (exact) mass is 966 g/mol. The molecule has 0 saturated carbocycles. The first kappa shape index (κ1) is 57.2. The van der Waals surface area contributed by atoms with Crippen LogP contribution in [0.2, 0.25) is 0 Å². The molecule has 0 aromatic carbocycles. The number of hydrogen-bond acceptors (Lipinski definition) is 5. The standard InChI is InChI=1S/C47H93N2O4S.W/c1-4-6-8-10-12-14-16-18-20-22-24-26-28-30-32-34-41-51-44-39-49(47(50)37-43-53-48-38-36-46(3)54)40-45-52-42-35-33-31-29-27-25-23-21-19-17-15-13-11-9-7-5-2;/h4-45H2,1-3H3;/q-1;. The van der Waals surface area contributed by atoms with Gasteiger partial charge in [-0.25, -0.2) is 0 Å². The van der Waals surface area contributed by atoms with Crippen LogP contribution in [0.5, 0.6) is 0 Å². The topological polar surface area (TPSA) is 62.1 Å². The van der Waals surface area contributed by atoms with Crippen LogP contribution in [-0.2, 0) is 40.2 Å². The quantitative estimate of drug-likeness (QED) is 0.0345. The SMILES string of the molecule is CCCCCCCCCCCCCCCCCCOCCN(CCOCCCCCCCCCCCCCCCCCC)C(=O)CCO[N-]CCC(C)=S.[W]. The predicted octanol–water partition coefficient (Wildman–Crippen LogP) is 14.8. The van der Waals surface area contributed by atoms with Crippen molar-refractivity contribution < 1.29 is 40.2 Å². The smallest absolute Gasteiger partial charge is 0.224 e. The summed E-state index contributed by atoms with van der Waals surface area (Å²) < 4.78 is 11.9. The molecule has 0 bridgehead atoms. The summed E-state index contributed by atoms with van der Waals surface area (Å²) in [7, 11) is 0. The number of thiocarbonyl (C=S) groups is 1. The van der Waals surface area contributed by atoms with E-state index in [1.807, 2.05) is 11.8 Å². The molecule has 6 nitrogen and oxygen atoms in total. The van der Waals surface area contributed by atoms with Crippen LogP contribution < -0.4 is 0 Å². The molecule has 0 radical (unpaired) electrons. The average Bonchev–Trinajstić information content (AvgIpc) is 3.16. The van der Waals surface area contributed by atoms with Crippen molar-refractivity contribution in [2.24, 2.45) is 0 Å². The van der Waals surface area contributed by atoms with Crippen LogP contribution in [-0.4, -0.2) is 68.3 Å². The molecule has 0 saturated heterocycles. The second kappa shape index (κ2) is 50.2. The first-order valence-electron chi connectivity index (χ1n) is 23.8. The van der Waals surface area contributed by atoms with Crippen molar-refractivity contribution in [1.29, 1.82) is 0 Å². The Balaban J connectivity index is 0. The first-order chi connectivity index (χ1) is 26.6. The largest absolute Gasteiger partial charge is 0.534 e. The number of hydroxylamine groups is 1. The van der Waals surface area contributed by atoms with E-state index in [0.717, 1.165) is 37.3 Å². The van der Waals surface area contributed by atoms with E-state index in [1.54, 1.807) is 0 Å². The fourth-order valence-corrected chi connectivity index (χ4v) is 7.13. The molecule has 0 aliphatic rings. The summed E-state index contributed by atoms with van der Waals surface area (Å²) in [6.45, 7) is 11.2. The van der Waals surface area contributed by atoms with Gasteiger partial charge >= 0.3 is 0 Å². The summed E-state index contributed by atoms with van der Waals surface area (Å²) in [6.07, 6.45) is 45.0. The number of rotatable bonds is 47. The maximum absolute atomic E-state index is 13.0. The van der Waals surface area contributed by atoms with Crippen molar-refractivity contribution in [1.82, 2.24) is 4.90 Å². The van der Waals surface area contributed by atoms with Gasteiger partial charge in [-0.05, 0) is 31.1 Å². The zero-order chi connectivity index (χ0) is 39.3. The van der Waals surface area contributed by atoms with Crippen molar-refractivity contribution in [3.8, 4) is 0 Å². The average molecular weight is 966 g/mol. The molecule has 0 atom stereocenters. The van der Waals surface area contributed by atoms with Gasteiger partial charge in [-0.3, -0.25) is 4.79 Å². The zero-order valence-electron chi connectivity index (χ0n) is 37.0. The number of hydrogen-bond donors (Lipinski definition) is 0. The van der Waals surface area contributed by atoms with Crippen LogP contribution in [0.3, 0.4) is 0 Å². The molecule has 1 amide bonds. The normalized spacial score (nSPS) is 11.3. The third kappa shape index (κ3) is 48.4. The predicted molar refractivity (Wildman–Crippen MR) is 239 cm³/mol. The third-order valence-electron chi connectivity index (χ3n) is 10.7. The molecule has 0 spiro atoms. The number of carbonyl (C=O) groups is 1. The minimum atomic E-state index is 0. The van der Waals surface area contributed by atoms with Gasteiger partial charge in [0.25, 0.3) is 0 Å². The number of carbonyl (C=O) groups excluding carboxylic acids is 1. The van der Waals surface area contributed by atoms with Crippen molar-refractivity contribution in [2.45, 2.75) is 239 Å². The van der Waals surface area contributed by atoms with E-state index in [2.05, 4.69) is 19.3 Å². The van der Waals surface area contributed by atoms with Gasteiger partial charge in [0, 0.05) is 60.4 Å². The molecule has 0 N–H and O–H groups in total. The Labute approximate surface area is 363 Å². The second-order valence-corrected chi connectivity index (χ2v) is 16.8. The minimum Gasteiger partial charge on any atom is -0.534 e. The van der Waals surface area contributed by atoms with E-state index < -0.39 is 0 Å². The molecule has 0 rings (SSSR count). The Morgan fingerprint density at radius 2 is 0.764 bits per heavy atom. The summed E-state index contributed by atoms with van der Waals surface area (Å²) in [5.41, 5.74) is 4.04. The van der Waals surface area contributed by atoms with Crippen molar-refractivity contribution in [2.75, 3.05) is 52.7 Å². The van der Waals surface area contributed by atoms with Crippen LogP contribution in [0.25, 0.3) is 5.48 Å². The molecule has 8 heteroatoms. The van der Waals surface area contributed by atoms with E-state index >= 15 is 0 Å². The van der Waals surface area contributed by atoms with Crippen LogP contribution in [0.1, 0.15) is 239 Å². The molecule has 0 aliphatic heterocycles. The van der Waals surface area contributed by atoms with E-state index in [-0.39, 0.29) is 27.0 Å². The van der Waals surface area contributed by atoms with Crippen LogP contribution in [0, 0.1) is 0 Å². The molecule has 0 fully saturated rings. The van der Waals surface area contributed by atoms with Gasteiger partial charge in [0.1, 0.15) is 0 Å². The molecule has 0 heterocycles. The van der Waals surface area contributed by atoms with Gasteiger partial charge in [0.15, 0.2) is 0 Å². The van der Waals surface area contributed by atoms with E-state index in [0.29, 0.717) is 45.9 Å². The van der Waals surface area contributed by atoms with E-state index in [9.17, 15) is 4.79 Å². The second-order valence-electron chi connectivity index (χ2n) is 16.1. The fraction of sp³-hybridized carbons (Fsp3) is 0.957. The molecule has 0 aromatic heterocycles. The molecule has 0 unspecified atom stereocenters. The summed E-state index contributed by atoms with van der Waals surface area (Å²) in [4.78, 5) is 21.2. The van der Waals surface area contributed by atoms with E-state index in [4.69, 9.17) is 26.5 Å². The van der Waals surface area contributed by atoms with Crippen LogP contribution >= 0.6 is 12.2 Å². The Morgan fingerprint density at radius 3 is 1.07 bits per heavy atom. The molecular weight excluding hydrogens is 872 g/mol. The Kier molecular flexibility index (Phi) is 52.2. The van der Waals surface area contributed by atoms with Crippen LogP contribution in [0.4, 0.5) is 0 Å². The number of unbranched alkanes of at least 4 members (excludes halogenated alkanes) is 30. The summed E-state index contributed by atoms with van der Waals surface area (Å²) >= 11 is 5.10. The van der Waals surface area contributed by atoms with Gasteiger partial charge in [0.05, 0.1) is 13.2 Å². The number of nitrogens with zero attached hydrogens (tertiary/aromatic N) is 2. The van der Waals surface area contributed by atoms with E-state index in [1.165, 1.54) is 193 Å². The van der Waals surface area contributed by atoms with Gasteiger partial charge < -0.3 is 24.7 Å². The maximum Gasteiger partial charge on any atom is 0.224 e. The van der Waals surface area contributed by atoms with Gasteiger partial charge in [-0.1, -0.05) is 219 Å². The molecule has 0 aliphatic carbocycles. The van der Waals surface area contributed by atoms with Crippen molar-refractivity contribution >= 4 is 23.0 Å². The Hall–Kier alpha value is 0.0883. The minimum absolute atomic E-state index is 0. The number of amides is 1. The summed E-state index contributed by atoms with van der Waals surface area (Å²) in [5.74, 6) is 0.0771. The summed E-state index contributed by atoms with van der Waals surface area (Å²) in [5, 5.41) is 0. The Morgan fingerprint density at radius 1 is 0.455 bits per heavy atom. The molecule has 0 aromatic rings. The third-order valence-corrected chi connectivity index (χ3v) is 10.9. The summed E-state index contributed by atoms with van der Waals surface area (Å²) in [6, 6.07) is 0. The van der Waals surface area contributed by atoms with Crippen molar-refractivity contribution in [3.63, 3.8) is 0 Å². The molecule has 328 valence electrons. The first-order valence-corrected chi connectivity index (χ1v) is 24.2. The molecular formula is C47H93N2O4SW-. The molecule has 55 heavy (non-hydrogen) atoms.